The molecule has 0 radical (unpaired) electrons. The van der Waals surface area contributed by atoms with Gasteiger partial charge in [-0.1, -0.05) is 36.4 Å². The number of amides is 1. The van der Waals surface area contributed by atoms with Gasteiger partial charge in [0.25, 0.3) is 0 Å². The van der Waals surface area contributed by atoms with Gasteiger partial charge in [0.2, 0.25) is 5.91 Å². The first-order valence-corrected chi connectivity index (χ1v) is 8.37. The fourth-order valence-corrected chi connectivity index (χ4v) is 3.17. The van der Waals surface area contributed by atoms with Crippen molar-refractivity contribution >= 4 is 12.0 Å². The van der Waals surface area contributed by atoms with Crippen molar-refractivity contribution < 1.29 is 9.90 Å². The van der Waals surface area contributed by atoms with Crippen molar-refractivity contribution in [3.63, 3.8) is 0 Å². The van der Waals surface area contributed by atoms with E-state index in [-0.39, 0.29) is 11.9 Å². The topological polar surface area (TPSA) is 53.4 Å². The normalized spacial score (nSPS) is 18.9. The van der Waals surface area contributed by atoms with Crippen LogP contribution in [0, 0.1) is 0 Å². The number of carbonyl (C=O) groups excluding carboxylic acids is 1. The Morgan fingerprint density at radius 2 is 2.04 bits per heavy atom. The van der Waals surface area contributed by atoms with Crippen LogP contribution in [-0.4, -0.2) is 33.5 Å². The Balaban J connectivity index is 1.62. The highest BCUT2D eigenvalue weighted by Crippen LogP contribution is 2.27. The van der Waals surface area contributed by atoms with Crippen LogP contribution in [0.1, 0.15) is 36.6 Å². The van der Waals surface area contributed by atoms with Gasteiger partial charge in [-0.2, -0.15) is 0 Å². The van der Waals surface area contributed by atoms with Crippen LogP contribution in [0.2, 0.25) is 0 Å². The van der Waals surface area contributed by atoms with Gasteiger partial charge in [0, 0.05) is 24.9 Å². The molecule has 0 saturated carbocycles. The van der Waals surface area contributed by atoms with Crippen molar-refractivity contribution in [3.05, 3.63) is 72.1 Å². The fourth-order valence-electron chi connectivity index (χ4n) is 3.17. The van der Waals surface area contributed by atoms with Gasteiger partial charge >= 0.3 is 0 Å². The third-order valence-corrected chi connectivity index (χ3v) is 4.42. The lowest BCUT2D eigenvalue weighted by atomic mass is 10.0. The average Bonchev–Trinajstić information content (AvgIpc) is 3.09. The summed E-state index contributed by atoms with van der Waals surface area (Å²) in [6, 6.07) is 15.3. The highest BCUT2D eigenvalue weighted by Gasteiger charge is 2.29. The molecule has 2 aromatic rings. The van der Waals surface area contributed by atoms with E-state index >= 15 is 0 Å². The van der Waals surface area contributed by atoms with Gasteiger partial charge in [-0.05, 0) is 43.0 Å². The van der Waals surface area contributed by atoms with Gasteiger partial charge in [0.1, 0.15) is 0 Å². The summed E-state index contributed by atoms with van der Waals surface area (Å²) in [6.45, 7) is 0.748. The van der Waals surface area contributed by atoms with Crippen molar-refractivity contribution in [2.45, 2.75) is 31.4 Å². The summed E-state index contributed by atoms with van der Waals surface area (Å²) < 4.78 is 0. The first-order chi connectivity index (χ1) is 11.7. The summed E-state index contributed by atoms with van der Waals surface area (Å²) in [4.78, 5) is 18.5. The zero-order valence-corrected chi connectivity index (χ0v) is 13.6. The van der Waals surface area contributed by atoms with Crippen LogP contribution in [-0.2, 0) is 4.79 Å². The summed E-state index contributed by atoms with van der Waals surface area (Å²) >= 11 is 0. The molecule has 0 bridgehead atoms. The predicted molar refractivity (Wildman–Crippen MR) is 94.0 cm³/mol. The molecule has 1 aliphatic rings. The Morgan fingerprint density at radius 3 is 2.79 bits per heavy atom. The summed E-state index contributed by atoms with van der Waals surface area (Å²) in [6.07, 6.45) is 6.99. The number of aliphatic hydroxyl groups excluding tert-OH is 1. The lowest BCUT2D eigenvalue weighted by Crippen LogP contribution is -2.35. The number of rotatable bonds is 5. The first kappa shape index (κ1) is 16.4. The number of carbonyl (C=O) groups is 1. The van der Waals surface area contributed by atoms with Crippen LogP contribution in [0.3, 0.4) is 0 Å². The van der Waals surface area contributed by atoms with Gasteiger partial charge in [0.05, 0.1) is 11.8 Å². The maximum absolute atomic E-state index is 12.5. The van der Waals surface area contributed by atoms with Gasteiger partial charge in [-0.3, -0.25) is 9.78 Å². The molecule has 1 amide bonds. The molecule has 1 aromatic heterocycles. The molecule has 4 heteroatoms. The Hall–Kier alpha value is -2.46. The highest BCUT2D eigenvalue weighted by atomic mass is 16.3. The van der Waals surface area contributed by atoms with E-state index in [2.05, 4.69) is 4.98 Å². The van der Waals surface area contributed by atoms with Crippen molar-refractivity contribution in [2.24, 2.45) is 0 Å². The molecule has 4 nitrogen and oxygen atoms in total. The van der Waals surface area contributed by atoms with Crippen LogP contribution in [0.15, 0.2) is 60.8 Å². The minimum Gasteiger partial charge on any atom is -0.388 e. The lowest BCUT2D eigenvalue weighted by molar-refractivity contribution is -0.127. The minimum absolute atomic E-state index is 0.0107. The Labute approximate surface area is 142 Å². The molecular weight excluding hydrogens is 300 g/mol. The summed E-state index contributed by atoms with van der Waals surface area (Å²) in [5.74, 6) is -0.0107. The Bertz CT molecular complexity index is 685. The van der Waals surface area contributed by atoms with Gasteiger partial charge in [-0.25, -0.2) is 0 Å². The van der Waals surface area contributed by atoms with E-state index in [1.54, 1.807) is 18.3 Å². The number of nitrogens with zero attached hydrogens (tertiary/aromatic N) is 2. The molecule has 1 aromatic carbocycles. The minimum atomic E-state index is -0.538. The van der Waals surface area contributed by atoms with Crippen LogP contribution >= 0.6 is 0 Å². The number of benzene rings is 1. The molecule has 24 heavy (non-hydrogen) atoms. The van der Waals surface area contributed by atoms with Gasteiger partial charge < -0.3 is 10.0 Å². The zero-order chi connectivity index (χ0) is 16.8. The number of hydrogen-bond donors (Lipinski definition) is 1. The van der Waals surface area contributed by atoms with E-state index in [0.29, 0.717) is 6.42 Å². The van der Waals surface area contributed by atoms with Crippen molar-refractivity contribution in [2.75, 3.05) is 6.54 Å². The number of aromatic nitrogens is 1. The maximum atomic E-state index is 12.5. The fraction of sp³-hybridized carbons (Fsp3) is 0.300. The average molecular weight is 322 g/mol. The monoisotopic (exact) mass is 322 g/mol. The third-order valence-electron chi connectivity index (χ3n) is 4.42. The molecule has 3 rings (SSSR count). The Kier molecular flexibility index (Phi) is 5.39. The maximum Gasteiger partial charge on any atom is 0.246 e. The van der Waals surface area contributed by atoms with Crippen LogP contribution in [0.5, 0.6) is 0 Å². The quantitative estimate of drug-likeness (QED) is 0.860. The second kappa shape index (κ2) is 7.88. The molecule has 2 heterocycles. The standard InChI is InChI=1S/C20H22N2O2/c23-19(16-7-2-1-3-8-16)15-18-10-6-14-22(18)20(24)12-11-17-9-4-5-13-21-17/h1-5,7-9,11-13,18-19,23H,6,10,14-15H2/b12-11+. The zero-order valence-electron chi connectivity index (χ0n) is 13.6. The Morgan fingerprint density at radius 1 is 1.25 bits per heavy atom. The molecule has 1 fully saturated rings. The number of aliphatic hydroxyl groups is 1. The van der Waals surface area contributed by atoms with Crippen molar-refractivity contribution in [1.82, 2.24) is 9.88 Å². The smallest absolute Gasteiger partial charge is 0.246 e. The first-order valence-electron chi connectivity index (χ1n) is 8.37. The van der Waals surface area contributed by atoms with E-state index in [4.69, 9.17) is 0 Å². The van der Waals surface area contributed by atoms with Crippen LogP contribution in [0.4, 0.5) is 0 Å². The van der Waals surface area contributed by atoms with Gasteiger partial charge in [-0.15, -0.1) is 0 Å². The molecule has 0 spiro atoms. The summed E-state index contributed by atoms with van der Waals surface area (Å²) in [7, 11) is 0. The molecule has 2 unspecified atom stereocenters. The van der Waals surface area contributed by atoms with E-state index in [1.807, 2.05) is 53.4 Å². The number of likely N-dealkylation sites (tertiary alicyclic amines) is 1. The third kappa shape index (κ3) is 4.09. The van der Waals surface area contributed by atoms with Crippen molar-refractivity contribution in [3.8, 4) is 0 Å². The number of hydrogen-bond acceptors (Lipinski definition) is 3. The SMILES string of the molecule is O=C(/C=C/c1ccccn1)N1CCCC1CC(O)c1ccccc1. The molecule has 124 valence electrons. The molecule has 1 N–H and O–H groups in total. The molecule has 2 atom stereocenters. The van der Waals surface area contributed by atoms with E-state index in [1.165, 1.54) is 0 Å². The highest BCUT2D eigenvalue weighted by molar-refractivity contribution is 5.91. The molecule has 1 saturated heterocycles. The lowest BCUT2D eigenvalue weighted by Gasteiger charge is -2.25. The van der Waals surface area contributed by atoms with E-state index in [9.17, 15) is 9.90 Å². The predicted octanol–water partition coefficient (Wildman–Crippen LogP) is 3.21. The van der Waals surface area contributed by atoms with Crippen molar-refractivity contribution in [1.29, 1.82) is 0 Å². The van der Waals surface area contributed by atoms with Crippen LogP contribution < -0.4 is 0 Å². The molecular formula is C20H22N2O2. The van der Waals surface area contributed by atoms with Crippen LogP contribution in [0.25, 0.3) is 6.08 Å². The van der Waals surface area contributed by atoms with E-state index in [0.717, 1.165) is 30.6 Å². The van der Waals surface area contributed by atoms with E-state index < -0.39 is 6.10 Å². The molecule has 1 aliphatic heterocycles. The number of pyridine rings is 1. The summed E-state index contributed by atoms with van der Waals surface area (Å²) in [5, 5.41) is 10.4. The largest absolute Gasteiger partial charge is 0.388 e. The summed E-state index contributed by atoms with van der Waals surface area (Å²) in [5.41, 5.74) is 1.67. The molecule has 0 aliphatic carbocycles. The van der Waals surface area contributed by atoms with Gasteiger partial charge in [0.15, 0.2) is 0 Å². The second-order valence-electron chi connectivity index (χ2n) is 6.08. The second-order valence-corrected chi connectivity index (χ2v) is 6.08.